The second kappa shape index (κ2) is 4.81. The molecule has 0 unspecified atom stereocenters. The SMILES string of the molecule is c1ccc2sc(NN=C3CCOCC3)nc2c1. The van der Waals surface area contributed by atoms with Crippen molar-refractivity contribution in [3.8, 4) is 0 Å². The van der Waals surface area contributed by atoms with Crippen molar-refractivity contribution in [2.24, 2.45) is 5.10 Å². The quantitative estimate of drug-likeness (QED) is 0.830. The predicted molar refractivity (Wildman–Crippen MR) is 70.7 cm³/mol. The normalized spacial score (nSPS) is 16.1. The van der Waals surface area contributed by atoms with Gasteiger partial charge in [-0.25, -0.2) is 4.98 Å². The molecule has 0 amide bonds. The van der Waals surface area contributed by atoms with E-state index in [1.807, 2.05) is 18.2 Å². The fourth-order valence-electron chi connectivity index (χ4n) is 1.77. The van der Waals surface area contributed by atoms with Gasteiger partial charge in [0.05, 0.1) is 23.4 Å². The molecule has 1 aromatic carbocycles. The van der Waals surface area contributed by atoms with Crippen LogP contribution < -0.4 is 5.43 Å². The summed E-state index contributed by atoms with van der Waals surface area (Å²) in [6, 6.07) is 8.10. The Bertz CT molecular complexity index is 508. The van der Waals surface area contributed by atoms with Crippen molar-refractivity contribution in [3.05, 3.63) is 24.3 Å². The number of nitrogens with zero attached hydrogens (tertiary/aromatic N) is 2. The third kappa shape index (κ3) is 2.45. The molecular formula is C12H13N3OS. The Kier molecular flexibility index (Phi) is 3.02. The highest BCUT2D eigenvalue weighted by Gasteiger charge is 2.07. The largest absolute Gasteiger partial charge is 0.381 e. The third-order valence-corrected chi connectivity index (χ3v) is 3.61. The number of aromatic nitrogens is 1. The van der Waals surface area contributed by atoms with E-state index in [2.05, 4.69) is 21.6 Å². The van der Waals surface area contributed by atoms with Gasteiger partial charge in [0.25, 0.3) is 0 Å². The zero-order chi connectivity index (χ0) is 11.5. The average molecular weight is 247 g/mol. The minimum absolute atomic E-state index is 0.778. The van der Waals surface area contributed by atoms with Crippen LogP contribution in [0.15, 0.2) is 29.4 Å². The Morgan fingerprint density at radius 1 is 1.24 bits per heavy atom. The minimum Gasteiger partial charge on any atom is -0.381 e. The molecule has 1 saturated heterocycles. The van der Waals surface area contributed by atoms with Crippen molar-refractivity contribution in [2.45, 2.75) is 12.8 Å². The van der Waals surface area contributed by atoms with Crippen LogP contribution in [0.2, 0.25) is 0 Å². The minimum atomic E-state index is 0.778. The van der Waals surface area contributed by atoms with Crippen molar-refractivity contribution in [1.82, 2.24) is 4.98 Å². The van der Waals surface area contributed by atoms with Gasteiger partial charge >= 0.3 is 0 Å². The smallest absolute Gasteiger partial charge is 0.204 e. The lowest BCUT2D eigenvalue weighted by Gasteiger charge is -2.12. The number of anilines is 1. The molecule has 0 saturated carbocycles. The van der Waals surface area contributed by atoms with E-state index in [0.29, 0.717) is 0 Å². The first-order valence-corrected chi connectivity index (χ1v) is 6.48. The number of rotatable bonds is 2. The number of nitrogens with one attached hydrogen (secondary N) is 1. The lowest BCUT2D eigenvalue weighted by Crippen LogP contribution is -2.16. The standard InChI is InChI=1S/C12H13N3OS/c1-2-4-11-10(3-1)13-12(17-11)15-14-9-5-7-16-8-6-9/h1-4H,5-8H2,(H,13,15). The van der Waals surface area contributed by atoms with Crippen molar-refractivity contribution in [3.63, 3.8) is 0 Å². The number of fused-ring (bicyclic) bond motifs is 1. The molecule has 17 heavy (non-hydrogen) atoms. The second-order valence-electron chi connectivity index (χ2n) is 3.89. The number of para-hydroxylation sites is 1. The van der Waals surface area contributed by atoms with Crippen LogP contribution in [-0.4, -0.2) is 23.9 Å². The summed E-state index contributed by atoms with van der Waals surface area (Å²) in [5.74, 6) is 0. The molecule has 88 valence electrons. The maximum absolute atomic E-state index is 5.28. The van der Waals surface area contributed by atoms with Gasteiger partial charge in [-0.05, 0) is 12.1 Å². The van der Waals surface area contributed by atoms with Crippen LogP contribution >= 0.6 is 11.3 Å². The number of hydrazone groups is 1. The first-order chi connectivity index (χ1) is 8.42. The van der Waals surface area contributed by atoms with Gasteiger partial charge in [-0.15, -0.1) is 0 Å². The molecule has 2 aromatic rings. The molecule has 1 fully saturated rings. The molecule has 0 bridgehead atoms. The summed E-state index contributed by atoms with van der Waals surface area (Å²) in [5, 5.41) is 5.24. The molecule has 1 aromatic heterocycles. The number of thiazole rings is 1. The summed E-state index contributed by atoms with van der Waals surface area (Å²) in [4.78, 5) is 4.47. The maximum Gasteiger partial charge on any atom is 0.204 e. The monoisotopic (exact) mass is 247 g/mol. The van der Waals surface area contributed by atoms with Crippen molar-refractivity contribution in [2.75, 3.05) is 18.6 Å². The topological polar surface area (TPSA) is 46.5 Å². The summed E-state index contributed by atoms with van der Waals surface area (Å²) >= 11 is 1.63. The predicted octanol–water partition coefficient (Wildman–Crippen LogP) is 2.87. The van der Waals surface area contributed by atoms with E-state index in [0.717, 1.165) is 42.4 Å². The summed E-state index contributed by atoms with van der Waals surface area (Å²) in [7, 11) is 0. The summed E-state index contributed by atoms with van der Waals surface area (Å²) < 4.78 is 6.46. The van der Waals surface area contributed by atoms with Gasteiger partial charge in [0.2, 0.25) is 5.13 Å². The van der Waals surface area contributed by atoms with Crippen molar-refractivity contribution >= 4 is 32.4 Å². The Balaban J connectivity index is 1.76. The molecule has 3 rings (SSSR count). The molecule has 2 heterocycles. The van der Waals surface area contributed by atoms with Gasteiger partial charge in [-0.1, -0.05) is 23.5 Å². The highest BCUT2D eigenvalue weighted by molar-refractivity contribution is 7.22. The van der Waals surface area contributed by atoms with E-state index in [4.69, 9.17) is 4.74 Å². The molecule has 0 spiro atoms. The van der Waals surface area contributed by atoms with Gasteiger partial charge in [-0.2, -0.15) is 5.10 Å². The molecule has 0 radical (unpaired) electrons. The fourth-order valence-corrected chi connectivity index (χ4v) is 2.57. The molecule has 0 aliphatic carbocycles. The van der Waals surface area contributed by atoms with Crippen LogP contribution in [0.1, 0.15) is 12.8 Å². The molecule has 5 heteroatoms. The lowest BCUT2D eigenvalue weighted by molar-refractivity contribution is 0.134. The van der Waals surface area contributed by atoms with Crippen LogP contribution in [0.5, 0.6) is 0 Å². The highest BCUT2D eigenvalue weighted by Crippen LogP contribution is 2.25. The number of ether oxygens (including phenoxy) is 1. The van der Waals surface area contributed by atoms with Gasteiger partial charge < -0.3 is 4.74 Å². The van der Waals surface area contributed by atoms with Crippen LogP contribution in [0.3, 0.4) is 0 Å². The number of hydrogen-bond donors (Lipinski definition) is 1. The van der Waals surface area contributed by atoms with E-state index in [1.54, 1.807) is 11.3 Å². The highest BCUT2D eigenvalue weighted by atomic mass is 32.1. The van der Waals surface area contributed by atoms with E-state index in [-0.39, 0.29) is 0 Å². The Hall–Kier alpha value is -1.46. The lowest BCUT2D eigenvalue weighted by atomic mass is 10.2. The summed E-state index contributed by atoms with van der Waals surface area (Å²) in [6.45, 7) is 1.56. The second-order valence-corrected chi connectivity index (χ2v) is 4.92. The number of benzene rings is 1. The molecule has 4 nitrogen and oxygen atoms in total. The molecule has 1 aliphatic heterocycles. The first kappa shape index (κ1) is 10.7. The van der Waals surface area contributed by atoms with Gasteiger partial charge in [0, 0.05) is 18.6 Å². The molecular weight excluding hydrogens is 234 g/mol. The molecule has 0 atom stereocenters. The average Bonchev–Trinajstić information content (AvgIpc) is 2.80. The summed E-state index contributed by atoms with van der Waals surface area (Å²) in [5.41, 5.74) is 5.23. The van der Waals surface area contributed by atoms with Crippen molar-refractivity contribution < 1.29 is 4.74 Å². The van der Waals surface area contributed by atoms with E-state index >= 15 is 0 Å². The summed E-state index contributed by atoms with van der Waals surface area (Å²) in [6.07, 6.45) is 1.83. The fraction of sp³-hybridized carbons (Fsp3) is 0.333. The van der Waals surface area contributed by atoms with Gasteiger partial charge in [0.1, 0.15) is 0 Å². The Labute approximate surface area is 103 Å². The van der Waals surface area contributed by atoms with Crippen LogP contribution in [-0.2, 0) is 4.74 Å². The van der Waals surface area contributed by atoms with Crippen LogP contribution in [0, 0.1) is 0 Å². The van der Waals surface area contributed by atoms with Gasteiger partial charge in [-0.3, -0.25) is 5.43 Å². The third-order valence-electron chi connectivity index (χ3n) is 2.67. The van der Waals surface area contributed by atoms with Crippen LogP contribution in [0.25, 0.3) is 10.2 Å². The van der Waals surface area contributed by atoms with Crippen molar-refractivity contribution in [1.29, 1.82) is 0 Å². The van der Waals surface area contributed by atoms with Crippen LogP contribution in [0.4, 0.5) is 5.13 Å². The Morgan fingerprint density at radius 2 is 2.06 bits per heavy atom. The number of hydrogen-bond acceptors (Lipinski definition) is 5. The van der Waals surface area contributed by atoms with E-state index in [1.165, 1.54) is 4.70 Å². The zero-order valence-corrected chi connectivity index (χ0v) is 10.2. The van der Waals surface area contributed by atoms with E-state index in [9.17, 15) is 0 Å². The van der Waals surface area contributed by atoms with E-state index < -0.39 is 0 Å². The zero-order valence-electron chi connectivity index (χ0n) is 9.35. The first-order valence-electron chi connectivity index (χ1n) is 5.66. The molecule has 1 aliphatic rings. The Morgan fingerprint density at radius 3 is 2.88 bits per heavy atom. The maximum atomic E-state index is 5.28. The molecule has 1 N–H and O–H groups in total. The van der Waals surface area contributed by atoms with Gasteiger partial charge in [0.15, 0.2) is 0 Å².